The average Bonchev–Trinajstić information content (AvgIpc) is 2.03. The summed E-state index contributed by atoms with van der Waals surface area (Å²) in [5, 5.41) is 0. The van der Waals surface area contributed by atoms with E-state index in [4.69, 9.17) is 0 Å². The molecule has 0 fully saturated rings. The van der Waals surface area contributed by atoms with E-state index in [1.54, 1.807) is 13.8 Å². The minimum atomic E-state index is -1.22. The van der Waals surface area contributed by atoms with Crippen LogP contribution in [0.5, 0.6) is 0 Å². The first-order valence-electron chi connectivity index (χ1n) is 4.74. The predicted molar refractivity (Wildman–Crippen MR) is 54.7 cm³/mol. The highest BCUT2D eigenvalue weighted by atomic mass is 19.1. The highest BCUT2D eigenvalue weighted by Crippen LogP contribution is 2.26. The molecular weight excluding hydrogens is 163 g/mol. The smallest absolute Gasteiger partial charge is 0.130 e. The van der Waals surface area contributed by atoms with Crippen molar-refractivity contribution < 1.29 is 4.39 Å². The molecule has 0 aliphatic heterocycles. The summed E-state index contributed by atoms with van der Waals surface area (Å²) in [5.74, 6) is 0. The number of aryl methyl sites for hydroxylation is 2. The van der Waals surface area contributed by atoms with Crippen molar-refractivity contribution in [3.63, 3.8) is 0 Å². The molecule has 0 saturated heterocycles. The van der Waals surface area contributed by atoms with Gasteiger partial charge in [-0.15, -0.1) is 0 Å². The highest BCUT2D eigenvalue weighted by molar-refractivity contribution is 5.33. The molecule has 0 amide bonds. The van der Waals surface area contributed by atoms with Gasteiger partial charge >= 0.3 is 0 Å². The lowest BCUT2D eigenvalue weighted by molar-refractivity contribution is 0.221. The normalized spacial score (nSPS) is 11.8. The van der Waals surface area contributed by atoms with Gasteiger partial charge in [-0.1, -0.05) is 25.1 Å². The molecule has 0 saturated carbocycles. The molecule has 13 heavy (non-hydrogen) atoms. The van der Waals surface area contributed by atoms with Crippen molar-refractivity contribution in [2.75, 3.05) is 0 Å². The number of hydrogen-bond acceptors (Lipinski definition) is 0. The molecule has 1 rings (SSSR count). The van der Waals surface area contributed by atoms with Gasteiger partial charge in [0, 0.05) is 0 Å². The molecule has 0 N–H and O–H groups in total. The molecule has 0 atom stereocenters. The third-order valence-corrected chi connectivity index (χ3v) is 2.42. The third kappa shape index (κ3) is 2.30. The molecule has 0 bridgehead atoms. The lowest BCUT2D eigenvalue weighted by Crippen LogP contribution is -2.09. The number of halogens is 1. The molecule has 0 unspecified atom stereocenters. The lowest BCUT2D eigenvalue weighted by Gasteiger charge is -2.16. The van der Waals surface area contributed by atoms with E-state index in [0.29, 0.717) is 0 Å². The lowest BCUT2D eigenvalue weighted by atomic mass is 9.95. The summed E-state index contributed by atoms with van der Waals surface area (Å²) in [7, 11) is 0. The topological polar surface area (TPSA) is 0 Å². The monoisotopic (exact) mass is 180 g/mol. The minimum absolute atomic E-state index is 0.773. The van der Waals surface area contributed by atoms with Crippen LogP contribution < -0.4 is 0 Å². The van der Waals surface area contributed by atoms with Crippen molar-refractivity contribution >= 4 is 0 Å². The third-order valence-electron chi connectivity index (χ3n) is 2.42. The molecule has 72 valence electrons. The van der Waals surface area contributed by atoms with Crippen molar-refractivity contribution in [2.24, 2.45) is 0 Å². The largest absolute Gasteiger partial charge is 0.239 e. The number of benzene rings is 1. The fourth-order valence-electron chi connectivity index (χ4n) is 1.42. The van der Waals surface area contributed by atoms with E-state index in [1.165, 1.54) is 11.1 Å². The Labute approximate surface area is 79.8 Å². The van der Waals surface area contributed by atoms with Crippen LogP contribution in [0.3, 0.4) is 0 Å². The Kier molecular flexibility index (Phi) is 2.74. The number of hydrogen-bond donors (Lipinski definition) is 0. The van der Waals surface area contributed by atoms with Crippen molar-refractivity contribution in [3.8, 4) is 0 Å². The van der Waals surface area contributed by atoms with Gasteiger partial charge in [-0.3, -0.25) is 0 Å². The predicted octanol–water partition coefficient (Wildman–Crippen LogP) is 3.76. The summed E-state index contributed by atoms with van der Waals surface area (Å²) in [6, 6.07) is 5.83. The van der Waals surface area contributed by atoms with E-state index in [-0.39, 0.29) is 0 Å². The second-order valence-electron chi connectivity index (χ2n) is 3.97. The standard InChI is InChI=1S/C12H17F/c1-5-10-8-11(12(3,4)13)7-6-9(10)2/h6-8H,5H2,1-4H3. The van der Waals surface area contributed by atoms with Gasteiger partial charge in [-0.2, -0.15) is 0 Å². The van der Waals surface area contributed by atoms with Crippen LogP contribution in [-0.2, 0) is 12.1 Å². The zero-order valence-electron chi connectivity index (χ0n) is 8.82. The van der Waals surface area contributed by atoms with E-state index in [0.717, 1.165) is 12.0 Å². The average molecular weight is 180 g/mol. The number of alkyl halides is 1. The maximum absolute atomic E-state index is 13.6. The zero-order valence-corrected chi connectivity index (χ0v) is 8.82. The van der Waals surface area contributed by atoms with Gasteiger partial charge in [-0.05, 0) is 43.9 Å². The van der Waals surface area contributed by atoms with Crippen LogP contribution >= 0.6 is 0 Å². The fourth-order valence-corrected chi connectivity index (χ4v) is 1.42. The van der Waals surface area contributed by atoms with E-state index < -0.39 is 5.67 Å². The molecule has 0 nitrogen and oxygen atoms in total. The van der Waals surface area contributed by atoms with Crippen molar-refractivity contribution in [3.05, 3.63) is 34.9 Å². The van der Waals surface area contributed by atoms with Gasteiger partial charge in [0.2, 0.25) is 0 Å². The quantitative estimate of drug-likeness (QED) is 0.650. The molecule has 1 aromatic carbocycles. The first kappa shape index (κ1) is 10.2. The van der Waals surface area contributed by atoms with Crippen LogP contribution in [0.2, 0.25) is 0 Å². The van der Waals surface area contributed by atoms with Crippen LogP contribution in [0, 0.1) is 6.92 Å². The molecule has 0 aliphatic rings. The first-order chi connectivity index (χ1) is 5.95. The Hall–Kier alpha value is -0.850. The summed E-state index contributed by atoms with van der Waals surface area (Å²) < 4.78 is 13.6. The second-order valence-corrected chi connectivity index (χ2v) is 3.97. The van der Waals surface area contributed by atoms with Gasteiger partial charge in [0.15, 0.2) is 0 Å². The Balaban J connectivity index is 3.14. The van der Waals surface area contributed by atoms with E-state index in [2.05, 4.69) is 13.8 Å². The van der Waals surface area contributed by atoms with Gasteiger partial charge in [-0.25, -0.2) is 4.39 Å². The van der Waals surface area contributed by atoms with E-state index in [9.17, 15) is 4.39 Å². The fraction of sp³-hybridized carbons (Fsp3) is 0.500. The number of rotatable bonds is 2. The van der Waals surface area contributed by atoms with E-state index >= 15 is 0 Å². The van der Waals surface area contributed by atoms with Crippen LogP contribution in [0.25, 0.3) is 0 Å². The molecule has 0 aromatic heterocycles. The molecule has 1 aromatic rings. The van der Waals surface area contributed by atoms with Gasteiger partial charge in [0.05, 0.1) is 0 Å². The van der Waals surface area contributed by atoms with Crippen molar-refractivity contribution in [2.45, 2.75) is 39.8 Å². The molecule has 0 heterocycles. The Morgan fingerprint density at radius 2 is 1.92 bits per heavy atom. The van der Waals surface area contributed by atoms with Crippen LogP contribution in [0.4, 0.5) is 4.39 Å². The van der Waals surface area contributed by atoms with Gasteiger partial charge in [0.25, 0.3) is 0 Å². The SMILES string of the molecule is CCc1cc(C(C)(C)F)ccc1C. The van der Waals surface area contributed by atoms with Crippen molar-refractivity contribution in [1.29, 1.82) is 0 Å². The Morgan fingerprint density at radius 1 is 1.31 bits per heavy atom. The maximum Gasteiger partial charge on any atom is 0.130 e. The molecule has 0 aliphatic carbocycles. The Morgan fingerprint density at radius 3 is 2.38 bits per heavy atom. The first-order valence-corrected chi connectivity index (χ1v) is 4.74. The van der Waals surface area contributed by atoms with Crippen LogP contribution in [0.15, 0.2) is 18.2 Å². The van der Waals surface area contributed by atoms with Gasteiger partial charge < -0.3 is 0 Å². The minimum Gasteiger partial charge on any atom is -0.239 e. The van der Waals surface area contributed by atoms with Crippen molar-refractivity contribution in [1.82, 2.24) is 0 Å². The van der Waals surface area contributed by atoms with Crippen LogP contribution in [0.1, 0.15) is 37.5 Å². The summed E-state index contributed by atoms with van der Waals surface area (Å²) in [5.41, 5.74) is 2.03. The van der Waals surface area contributed by atoms with Crippen LogP contribution in [-0.4, -0.2) is 0 Å². The molecular formula is C12H17F. The highest BCUT2D eigenvalue weighted by Gasteiger charge is 2.18. The van der Waals surface area contributed by atoms with E-state index in [1.807, 2.05) is 18.2 Å². The molecule has 0 radical (unpaired) electrons. The second kappa shape index (κ2) is 3.49. The van der Waals surface area contributed by atoms with Gasteiger partial charge in [0.1, 0.15) is 5.67 Å². The maximum atomic E-state index is 13.6. The summed E-state index contributed by atoms with van der Waals surface area (Å²) in [4.78, 5) is 0. The summed E-state index contributed by atoms with van der Waals surface area (Å²) in [6.07, 6.45) is 0.968. The zero-order chi connectivity index (χ0) is 10.1. The molecule has 1 heteroatoms. The summed E-state index contributed by atoms with van der Waals surface area (Å²) in [6.45, 7) is 7.35. The summed E-state index contributed by atoms with van der Waals surface area (Å²) >= 11 is 0. The molecule has 0 spiro atoms. The Bertz CT molecular complexity index is 294.